The van der Waals surface area contributed by atoms with E-state index in [9.17, 15) is 14.4 Å². The molecule has 2 aromatic heterocycles. The molecule has 0 saturated carbocycles. The van der Waals surface area contributed by atoms with E-state index in [2.05, 4.69) is 0 Å². The van der Waals surface area contributed by atoms with Gasteiger partial charge in [-0.05, 0) is 12.5 Å². The minimum atomic E-state index is -0.992. The molecule has 7 heteroatoms. The van der Waals surface area contributed by atoms with E-state index in [0.717, 1.165) is 9.44 Å². The summed E-state index contributed by atoms with van der Waals surface area (Å²) in [7, 11) is 2.96. The lowest BCUT2D eigenvalue weighted by Crippen LogP contribution is -2.36. The van der Waals surface area contributed by atoms with Crippen molar-refractivity contribution in [2.24, 2.45) is 14.1 Å². The zero-order valence-corrected chi connectivity index (χ0v) is 11.0. The molecule has 0 spiro atoms. The summed E-state index contributed by atoms with van der Waals surface area (Å²) < 4.78 is 2.37. The van der Waals surface area contributed by atoms with Gasteiger partial charge in [-0.25, -0.2) is 4.79 Å². The highest BCUT2D eigenvalue weighted by atomic mass is 32.1. The quantitative estimate of drug-likeness (QED) is 0.845. The highest BCUT2D eigenvalue weighted by molar-refractivity contribution is 7.18. The predicted octanol–water partition coefficient (Wildman–Crippen LogP) is 0.234. The maximum Gasteiger partial charge on any atom is 0.331 e. The molecule has 0 aromatic carbocycles. The van der Waals surface area contributed by atoms with Crippen LogP contribution in [0.3, 0.4) is 0 Å². The fourth-order valence-corrected chi connectivity index (χ4v) is 3.07. The van der Waals surface area contributed by atoms with Crippen LogP contribution in [0.25, 0.3) is 10.2 Å². The van der Waals surface area contributed by atoms with Crippen molar-refractivity contribution < 1.29 is 9.90 Å². The second-order valence-electron chi connectivity index (χ2n) is 4.09. The van der Waals surface area contributed by atoms with Gasteiger partial charge in [0, 0.05) is 19.0 Å². The fraction of sp³-hybridized carbons (Fsp3) is 0.364. The predicted molar refractivity (Wildman–Crippen MR) is 68.4 cm³/mol. The summed E-state index contributed by atoms with van der Waals surface area (Å²) in [6.45, 7) is 1.76. The number of hydrogen-bond acceptors (Lipinski definition) is 4. The number of fused-ring (bicyclic) bond motifs is 1. The Morgan fingerprint density at radius 3 is 2.44 bits per heavy atom. The van der Waals surface area contributed by atoms with Crippen molar-refractivity contribution in [3.8, 4) is 0 Å². The summed E-state index contributed by atoms with van der Waals surface area (Å²) in [4.78, 5) is 36.0. The number of aliphatic carboxylic acids is 1. The molecule has 0 saturated heterocycles. The minimum absolute atomic E-state index is 0.209. The molecule has 2 heterocycles. The van der Waals surface area contributed by atoms with Gasteiger partial charge < -0.3 is 5.11 Å². The number of nitrogens with zero attached hydrogens (tertiary/aromatic N) is 2. The number of aryl methyl sites for hydroxylation is 2. The molecule has 0 fully saturated rings. The Balaban J connectivity index is 2.99. The largest absolute Gasteiger partial charge is 0.481 e. The first kappa shape index (κ1) is 12.6. The molecule has 6 nitrogen and oxygen atoms in total. The van der Waals surface area contributed by atoms with Gasteiger partial charge in [0.15, 0.2) is 0 Å². The average Bonchev–Trinajstić information content (AvgIpc) is 2.61. The number of hydrogen-bond donors (Lipinski definition) is 1. The number of rotatable bonds is 2. The van der Waals surface area contributed by atoms with Crippen molar-refractivity contribution in [1.29, 1.82) is 0 Å². The summed E-state index contributed by atoms with van der Waals surface area (Å²) in [5.41, 5.74) is -0.344. The maximum absolute atomic E-state index is 12.1. The molecule has 2 aromatic rings. The zero-order valence-electron chi connectivity index (χ0n) is 10.2. The normalized spacial score (nSPS) is 11.1. The number of carboxylic acid groups (broad SMARTS) is 1. The van der Waals surface area contributed by atoms with Crippen LogP contribution >= 0.6 is 11.3 Å². The molecule has 0 atom stereocenters. The molecule has 0 radical (unpaired) electrons. The molecule has 96 valence electrons. The first-order valence-electron chi connectivity index (χ1n) is 5.24. The topological polar surface area (TPSA) is 81.3 Å². The van der Waals surface area contributed by atoms with Crippen molar-refractivity contribution in [1.82, 2.24) is 9.13 Å². The van der Waals surface area contributed by atoms with E-state index < -0.39 is 17.2 Å². The highest BCUT2D eigenvalue weighted by Gasteiger charge is 2.19. The van der Waals surface area contributed by atoms with E-state index in [1.54, 1.807) is 14.0 Å². The van der Waals surface area contributed by atoms with Gasteiger partial charge in [-0.15, -0.1) is 11.3 Å². The SMILES string of the molecule is Cc1sc2c(c1CC(=O)O)c(=O)n(C)c(=O)n2C. The van der Waals surface area contributed by atoms with Crippen LogP contribution < -0.4 is 11.2 Å². The minimum Gasteiger partial charge on any atom is -0.481 e. The molecule has 0 bridgehead atoms. The fourth-order valence-electron chi connectivity index (χ4n) is 1.95. The van der Waals surface area contributed by atoms with E-state index >= 15 is 0 Å². The number of carbonyl (C=O) groups is 1. The summed E-state index contributed by atoms with van der Waals surface area (Å²) in [5, 5.41) is 9.22. The Kier molecular flexibility index (Phi) is 2.86. The van der Waals surface area contributed by atoms with E-state index in [4.69, 9.17) is 5.11 Å². The second-order valence-corrected chi connectivity index (χ2v) is 5.30. The highest BCUT2D eigenvalue weighted by Crippen LogP contribution is 2.27. The van der Waals surface area contributed by atoms with Crippen LogP contribution in [0.2, 0.25) is 0 Å². The molecule has 0 unspecified atom stereocenters. The second kappa shape index (κ2) is 4.09. The average molecular weight is 268 g/mol. The van der Waals surface area contributed by atoms with Crippen LogP contribution in [0.15, 0.2) is 9.59 Å². The maximum atomic E-state index is 12.1. The smallest absolute Gasteiger partial charge is 0.331 e. The Labute approximate surface area is 106 Å². The zero-order chi connectivity index (χ0) is 13.6. The van der Waals surface area contributed by atoms with E-state index in [1.807, 2.05) is 0 Å². The Bertz CT molecular complexity index is 766. The number of carboxylic acids is 1. The van der Waals surface area contributed by atoms with Crippen molar-refractivity contribution >= 4 is 27.5 Å². The molecule has 1 N–H and O–H groups in total. The van der Waals surface area contributed by atoms with Crippen molar-refractivity contribution in [3.63, 3.8) is 0 Å². The summed E-state index contributed by atoms with van der Waals surface area (Å²) in [5.74, 6) is -0.992. The van der Waals surface area contributed by atoms with Crippen LogP contribution in [0.1, 0.15) is 10.4 Å². The monoisotopic (exact) mass is 268 g/mol. The number of aromatic nitrogens is 2. The molecule has 0 aliphatic carbocycles. The number of thiophene rings is 1. The van der Waals surface area contributed by atoms with Crippen LogP contribution in [0.4, 0.5) is 0 Å². The van der Waals surface area contributed by atoms with Gasteiger partial charge in [0.2, 0.25) is 0 Å². The van der Waals surface area contributed by atoms with Crippen molar-refractivity contribution in [3.05, 3.63) is 31.3 Å². The Morgan fingerprint density at radius 1 is 1.28 bits per heavy atom. The van der Waals surface area contributed by atoms with Crippen LogP contribution in [-0.2, 0) is 25.3 Å². The van der Waals surface area contributed by atoms with Crippen LogP contribution in [-0.4, -0.2) is 20.2 Å². The van der Waals surface area contributed by atoms with Gasteiger partial charge in [0.1, 0.15) is 4.83 Å². The Hall–Kier alpha value is -1.89. The summed E-state index contributed by atoms with van der Waals surface area (Å²) in [6.07, 6.45) is -0.209. The summed E-state index contributed by atoms with van der Waals surface area (Å²) in [6, 6.07) is 0. The molecule has 0 aliphatic heterocycles. The standard InChI is InChI=1S/C11H12N2O4S/c1-5-6(4-7(14)15)8-9(16)12(2)11(17)13(3)10(8)18-5/h4H2,1-3H3,(H,14,15). The first-order chi connectivity index (χ1) is 8.34. The van der Waals surface area contributed by atoms with Gasteiger partial charge in [-0.2, -0.15) is 0 Å². The lowest BCUT2D eigenvalue weighted by molar-refractivity contribution is -0.136. The van der Waals surface area contributed by atoms with Gasteiger partial charge in [0.05, 0.1) is 11.8 Å². The van der Waals surface area contributed by atoms with Gasteiger partial charge in [-0.1, -0.05) is 0 Å². The van der Waals surface area contributed by atoms with E-state index in [1.165, 1.54) is 23.0 Å². The Morgan fingerprint density at radius 2 is 1.89 bits per heavy atom. The van der Waals surface area contributed by atoms with Crippen LogP contribution in [0.5, 0.6) is 0 Å². The third-order valence-corrected chi connectivity index (χ3v) is 4.14. The molecular formula is C11H12N2O4S. The molecular weight excluding hydrogens is 256 g/mol. The molecule has 2 rings (SSSR count). The molecule has 0 aliphatic rings. The van der Waals surface area contributed by atoms with Gasteiger partial charge in [-0.3, -0.25) is 18.7 Å². The van der Waals surface area contributed by atoms with Gasteiger partial charge >= 0.3 is 11.7 Å². The third kappa shape index (κ3) is 1.67. The van der Waals surface area contributed by atoms with Crippen LogP contribution in [0, 0.1) is 6.92 Å². The summed E-state index contributed by atoms with van der Waals surface area (Å²) >= 11 is 1.27. The third-order valence-electron chi connectivity index (χ3n) is 2.92. The molecule has 0 amide bonds. The first-order valence-corrected chi connectivity index (χ1v) is 6.06. The lowest BCUT2D eigenvalue weighted by atomic mass is 10.1. The molecule has 18 heavy (non-hydrogen) atoms. The lowest BCUT2D eigenvalue weighted by Gasteiger charge is -2.03. The van der Waals surface area contributed by atoms with E-state index in [0.29, 0.717) is 15.8 Å². The van der Waals surface area contributed by atoms with Crippen molar-refractivity contribution in [2.45, 2.75) is 13.3 Å². The van der Waals surface area contributed by atoms with Crippen molar-refractivity contribution in [2.75, 3.05) is 0 Å². The van der Waals surface area contributed by atoms with Gasteiger partial charge in [0.25, 0.3) is 5.56 Å². The van der Waals surface area contributed by atoms with E-state index in [-0.39, 0.29) is 6.42 Å².